The molecule has 2 nitrogen and oxygen atoms in total. The van der Waals surface area contributed by atoms with Crippen molar-refractivity contribution in [2.75, 3.05) is 0 Å². The number of fused-ring (bicyclic) bond motifs is 1. The molecule has 0 radical (unpaired) electrons. The Morgan fingerprint density at radius 2 is 1.84 bits per heavy atom. The molecule has 0 N–H and O–H groups in total. The summed E-state index contributed by atoms with van der Waals surface area (Å²) in [5.74, 6) is 0. The summed E-state index contributed by atoms with van der Waals surface area (Å²) in [6.45, 7) is 2.71. The highest BCUT2D eigenvalue weighted by Gasteiger charge is 2.41. The van der Waals surface area contributed by atoms with Crippen molar-refractivity contribution in [3.63, 3.8) is 0 Å². The molecule has 1 aliphatic heterocycles. The summed E-state index contributed by atoms with van der Waals surface area (Å²) in [4.78, 5) is 13.3. The van der Waals surface area contributed by atoms with Crippen LogP contribution in [-0.4, -0.2) is 11.2 Å². The van der Waals surface area contributed by atoms with E-state index in [4.69, 9.17) is 11.6 Å². The zero-order chi connectivity index (χ0) is 18.2. The van der Waals surface area contributed by atoms with Gasteiger partial charge in [-0.3, -0.25) is 4.90 Å². The molecule has 2 aromatic carbocycles. The Hall–Kier alpha value is -1.85. The zero-order valence-electron chi connectivity index (χ0n) is 13.6. The van der Waals surface area contributed by atoms with Gasteiger partial charge in [-0.25, -0.2) is 0 Å². The number of halogens is 4. The summed E-state index contributed by atoms with van der Waals surface area (Å²) in [5.41, 5.74) is 1.80. The lowest BCUT2D eigenvalue weighted by molar-refractivity contribution is -0.138. The second-order valence-electron chi connectivity index (χ2n) is 6.18. The Morgan fingerprint density at radius 1 is 1.20 bits per heavy atom. The molecule has 0 spiro atoms. The van der Waals surface area contributed by atoms with Crippen molar-refractivity contribution in [2.24, 2.45) is 0 Å². The number of aldehydes is 1. The standard InChI is InChI=1S/C19H17ClF3NO/c1-2-12-3-5-13(6-4-12)9-24-10-14-7-15(20)8-16(19(21,22)23)18(14)17(24)11-25/h3-8,11,17H,2,9-10H2,1H3. The van der Waals surface area contributed by atoms with Gasteiger partial charge in [-0.15, -0.1) is 0 Å². The molecule has 1 atom stereocenters. The van der Waals surface area contributed by atoms with Crippen LogP contribution in [0.5, 0.6) is 0 Å². The average Bonchev–Trinajstić information content (AvgIpc) is 2.90. The topological polar surface area (TPSA) is 20.3 Å². The molecule has 3 rings (SSSR count). The average molecular weight is 368 g/mol. The molecule has 25 heavy (non-hydrogen) atoms. The first-order chi connectivity index (χ1) is 11.8. The van der Waals surface area contributed by atoms with Crippen LogP contribution in [-0.2, 0) is 30.5 Å². The van der Waals surface area contributed by atoms with Crippen LogP contribution < -0.4 is 0 Å². The minimum Gasteiger partial charge on any atom is -0.301 e. The van der Waals surface area contributed by atoms with Gasteiger partial charge in [0.1, 0.15) is 6.29 Å². The largest absolute Gasteiger partial charge is 0.416 e. The summed E-state index contributed by atoms with van der Waals surface area (Å²) in [5, 5.41) is 0.0323. The molecular formula is C19H17ClF3NO. The highest BCUT2D eigenvalue weighted by atomic mass is 35.5. The van der Waals surface area contributed by atoms with Crippen LogP contribution >= 0.6 is 11.6 Å². The van der Waals surface area contributed by atoms with Crippen LogP contribution in [0.25, 0.3) is 0 Å². The second kappa shape index (κ2) is 6.81. The Morgan fingerprint density at radius 3 is 2.40 bits per heavy atom. The molecule has 6 heteroatoms. The fraction of sp³-hybridized carbons (Fsp3) is 0.316. The van der Waals surface area contributed by atoms with Crippen LogP contribution in [0.4, 0.5) is 13.2 Å². The lowest BCUT2D eigenvalue weighted by Crippen LogP contribution is -2.24. The molecule has 1 heterocycles. The Balaban J connectivity index is 1.94. The monoisotopic (exact) mass is 367 g/mol. The third-order valence-electron chi connectivity index (χ3n) is 4.54. The van der Waals surface area contributed by atoms with E-state index in [1.165, 1.54) is 11.6 Å². The lowest BCUT2D eigenvalue weighted by atomic mass is 9.98. The third-order valence-corrected chi connectivity index (χ3v) is 4.76. The van der Waals surface area contributed by atoms with Crippen molar-refractivity contribution in [3.8, 4) is 0 Å². The maximum absolute atomic E-state index is 13.4. The van der Waals surface area contributed by atoms with Gasteiger partial charge in [0.2, 0.25) is 0 Å². The van der Waals surface area contributed by atoms with E-state index in [1.807, 2.05) is 24.3 Å². The van der Waals surface area contributed by atoms with Crippen LogP contribution in [0.15, 0.2) is 36.4 Å². The normalized spacial score (nSPS) is 17.6. The number of carbonyl (C=O) groups excluding carboxylic acids is 1. The van der Waals surface area contributed by atoms with Crippen LogP contribution in [0.2, 0.25) is 5.02 Å². The number of benzene rings is 2. The molecule has 132 valence electrons. The van der Waals surface area contributed by atoms with Crippen molar-refractivity contribution in [1.29, 1.82) is 0 Å². The van der Waals surface area contributed by atoms with Gasteiger partial charge >= 0.3 is 6.18 Å². The maximum Gasteiger partial charge on any atom is 0.416 e. The summed E-state index contributed by atoms with van der Waals surface area (Å²) in [6.07, 6.45) is -3.05. The van der Waals surface area contributed by atoms with E-state index >= 15 is 0 Å². The summed E-state index contributed by atoms with van der Waals surface area (Å²) < 4.78 is 40.1. The van der Waals surface area contributed by atoms with Gasteiger partial charge in [0, 0.05) is 18.1 Å². The number of nitrogens with zero attached hydrogens (tertiary/aromatic N) is 1. The fourth-order valence-electron chi connectivity index (χ4n) is 3.31. The van der Waals surface area contributed by atoms with E-state index in [9.17, 15) is 18.0 Å². The van der Waals surface area contributed by atoms with Gasteiger partial charge in [0.25, 0.3) is 0 Å². The van der Waals surface area contributed by atoms with E-state index in [0.29, 0.717) is 18.4 Å². The van der Waals surface area contributed by atoms with Gasteiger partial charge in [0.05, 0.1) is 11.6 Å². The van der Waals surface area contributed by atoms with E-state index in [2.05, 4.69) is 6.92 Å². The highest BCUT2D eigenvalue weighted by molar-refractivity contribution is 6.30. The first-order valence-corrected chi connectivity index (χ1v) is 8.38. The number of hydrogen-bond acceptors (Lipinski definition) is 2. The molecule has 0 bridgehead atoms. The number of aryl methyl sites for hydroxylation is 1. The first-order valence-electron chi connectivity index (χ1n) is 8.00. The summed E-state index contributed by atoms with van der Waals surface area (Å²) >= 11 is 5.86. The van der Waals surface area contributed by atoms with Gasteiger partial charge in [-0.1, -0.05) is 42.8 Å². The van der Waals surface area contributed by atoms with Crippen molar-refractivity contribution in [3.05, 3.63) is 69.2 Å². The van der Waals surface area contributed by atoms with Gasteiger partial charge in [0.15, 0.2) is 0 Å². The fourth-order valence-corrected chi connectivity index (χ4v) is 3.55. The molecular weight excluding hydrogens is 351 g/mol. The van der Waals surface area contributed by atoms with Crippen LogP contribution in [0.3, 0.4) is 0 Å². The Kier molecular flexibility index (Phi) is 4.89. The van der Waals surface area contributed by atoms with E-state index in [-0.39, 0.29) is 17.1 Å². The predicted molar refractivity (Wildman–Crippen MR) is 90.3 cm³/mol. The molecule has 0 aliphatic carbocycles. The zero-order valence-corrected chi connectivity index (χ0v) is 14.4. The van der Waals surface area contributed by atoms with Crippen molar-refractivity contribution in [1.82, 2.24) is 4.90 Å². The minimum atomic E-state index is -4.55. The predicted octanol–water partition coefficient (Wildman–Crippen LogP) is 5.18. The Labute approximate surface area is 149 Å². The van der Waals surface area contributed by atoms with Crippen molar-refractivity contribution >= 4 is 17.9 Å². The molecule has 0 aromatic heterocycles. The second-order valence-corrected chi connectivity index (χ2v) is 6.62. The molecule has 0 fully saturated rings. The molecule has 0 saturated heterocycles. The van der Waals surface area contributed by atoms with E-state index < -0.39 is 17.8 Å². The van der Waals surface area contributed by atoms with Crippen molar-refractivity contribution < 1.29 is 18.0 Å². The Bertz CT molecular complexity index is 786. The first kappa shape index (κ1) is 18.0. The smallest absolute Gasteiger partial charge is 0.301 e. The number of rotatable bonds is 4. The van der Waals surface area contributed by atoms with Crippen LogP contribution in [0, 0.1) is 0 Å². The highest BCUT2D eigenvalue weighted by Crippen LogP contribution is 2.44. The lowest BCUT2D eigenvalue weighted by Gasteiger charge is -2.22. The van der Waals surface area contributed by atoms with Gasteiger partial charge < -0.3 is 4.79 Å². The molecule has 1 unspecified atom stereocenters. The SMILES string of the molecule is CCc1ccc(CN2Cc3cc(Cl)cc(C(F)(F)F)c3C2C=O)cc1. The summed E-state index contributed by atoms with van der Waals surface area (Å²) in [6, 6.07) is 9.37. The van der Waals surface area contributed by atoms with Crippen molar-refractivity contribution in [2.45, 2.75) is 38.7 Å². The van der Waals surface area contributed by atoms with Gasteiger partial charge in [-0.05, 0) is 40.8 Å². The van der Waals surface area contributed by atoms with E-state index in [1.54, 1.807) is 4.90 Å². The number of hydrogen-bond donors (Lipinski definition) is 0. The van der Waals surface area contributed by atoms with Gasteiger partial charge in [-0.2, -0.15) is 13.2 Å². The van der Waals surface area contributed by atoms with E-state index in [0.717, 1.165) is 18.1 Å². The molecule has 2 aromatic rings. The third kappa shape index (κ3) is 3.58. The number of carbonyl (C=O) groups is 1. The minimum absolute atomic E-state index is 0.0251. The molecule has 1 aliphatic rings. The molecule has 0 saturated carbocycles. The number of alkyl halides is 3. The molecule has 0 amide bonds. The maximum atomic E-state index is 13.4. The quantitative estimate of drug-likeness (QED) is 0.694. The van der Waals surface area contributed by atoms with Crippen LogP contribution in [0.1, 0.15) is 40.8 Å². The summed E-state index contributed by atoms with van der Waals surface area (Å²) in [7, 11) is 0.